The Morgan fingerprint density at radius 1 is 1.62 bits per heavy atom. The Bertz CT molecular complexity index is 287. The Kier molecular flexibility index (Phi) is 2.60. The maximum absolute atomic E-state index is 9.61. The number of aryl methyl sites for hydroxylation is 1. The van der Waals surface area contributed by atoms with Crippen molar-refractivity contribution >= 4 is 11.8 Å². The highest BCUT2D eigenvalue weighted by molar-refractivity contribution is 8.00. The Morgan fingerprint density at radius 2 is 2.46 bits per heavy atom. The second-order valence-corrected chi connectivity index (χ2v) is 4.82. The highest BCUT2D eigenvalue weighted by Crippen LogP contribution is 2.34. The van der Waals surface area contributed by atoms with Gasteiger partial charge in [0.05, 0.1) is 12.3 Å². The molecule has 0 aromatic carbocycles. The number of hydrogen-bond donors (Lipinski definition) is 1. The van der Waals surface area contributed by atoms with Crippen molar-refractivity contribution in [2.75, 3.05) is 0 Å². The normalized spacial score (nSPS) is 28.2. The van der Waals surface area contributed by atoms with Crippen molar-refractivity contribution in [3.63, 3.8) is 0 Å². The van der Waals surface area contributed by atoms with E-state index in [0.717, 1.165) is 24.2 Å². The lowest BCUT2D eigenvalue weighted by molar-refractivity contribution is 0.188. The minimum Gasteiger partial charge on any atom is -0.392 e. The first kappa shape index (κ1) is 9.09. The first-order chi connectivity index (χ1) is 6.25. The number of thioether (sulfide) groups is 1. The number of aliphatic hydroxyl groups is 1. The molecule has 3 nitrogen and oxygen atoms in total. The van der Waals surface area contributed by atoms with Crippen LogP contribution in [-0.2, 0) is 7.05 Å². The van der Waals surface area contributed by atoms with E-state index in [9.17, 15) is 5.11 Å². The summed E-state index contributed by atoms with van der Waals surface area (Å²) in [5.74, 6) is 0. The molecule has 4 heteroatoms. The third-order valence-corrected chi connectivity index (χ3v) is 3.72. The van der Waals surface area contributed by atoms with E-state index < -0.39 is 0 Å². The smallest absolute Gasteiger partial charge is 0.0662 e. The number of rotatable bonds is 2. The maximum Gasteiger partial charge on any atom is 0.0662 e. The Balaban J connectivity index is 1.97. The molecule has 1 saturated carbocycles. The number of aliphatic hydroxyl groups excluding tert-OH is 1. The topological polar surface area (TPSA) is 38.0 Å². The standard InChI is InChI=1S/C9H14N2OS/c1-11-6-7(5-10-11)13-9-4-2-3-8(9)12/h5-6,8-9,12H,2-4H2,1H3. The van der Waals surface area contributed by atoms with E-state index in [0.29, 0.717) is 5.25 Å². The van der Waals surface area contributed by atoms with Crippen LogP contribution in [0, 0.1) is 0 Å². The molecule has 0 saturated heterocycles. The molecule has 0 aliphatic heterocycles. The summed E-state index contributed by atoms with van der Waals surface area (Å²) in [6.45, 7) is 0. The molecule has 72 valence electrons. The molecule has 1 aromatic rings. The fourth-order valence-electron chi connectivity index (χ4n) is 1.68. The molecule has 0 bridgehead atoms. The first-order valence-electron chi connectivity index (χ1n) is 4.59. The van der Waals surface area contributed by atoms with Crippen LogP contribution in [0.2, 0.25) is 0 Å². The molecule has 2 rings (SSSR count). The van der Waals surface area contributed by atoms with E-state index in [2.05, 4.69) is 5.10 Å². The summed E-state index contributed by atoms with van der Waals surface area (Å²) >= 11 is 1.75. The molecule has 1 aliphatic carbocycles. The van der Waals surface area contributed by atoms with Gasteiger partial charge in [-0.3, -0.25) is 4.68 Å². The zero-order valence-electron chi connectivity index (χ0n) is 7.68. The Morgan fingerprint density at radius 3 is 3.00 bits per heavy atom. The van der Waals surface area contributed by atoms with Crippen LogP contribution in [0.5, 0.6) is 0 Å². The average Bonchev–Trinajstić information content (AvgIpc) is 2.64. The molecule has 1 N–H and O–H groups in total. The zero-order chi connectivity index (χ0) is 9.26. The van der Waals surface area contributed by atoms with E-state index in [-0.39, 0.29) is 6.10 Å². The van der Waals surface area contributed by atoms with Gasteiger partial charge in [0.1, 0.15) is 0 Å². The van der Waals surface area contributed by atoms with Crippen LogP contribution >= 0.6 is 11.8 Å². The van der Waals surface area contributed by atoms with Crippen LogP contribution in [0.25, 0.3) is 0 Å². The summed E-state index contributed by atoms with van der Waals surface area (Å²) < 4.78 is 1.80. The van der Waals surface area contributed by atoms with Gasteiger partial charge in [0.25, 0.3) is 0 Å². The van der Waals surface area contributed by atoms with Gasteiger partial charge in [-0.1, -0.05) is 0 Å². The summed E-state index contributed by atoms with van der Waals surface area (Å²) in [7, 11) is 1.91. The first-order valence-corrected chi connectivity index (χ1v) is 5.47. The van der Waals surface area contributed by atoms with Crippen LogP contribution in [0.4, 0.5) is 0 Å². The van der Waals surface area contributed by atoms with Crippen molar-refractivity contribution in [1.29, 1.82) is 0 Å². The third kappa shape index (κ3) is 2.06. The monoisotopic (exact) mass is 198 g/mol. The quantitative estimate of drug-likeness (QED) is 0.781. The van der Waals surface area contributed by atoms with Crippen molar-refractivity contribution in [3.8, 4) is 0 Å². The number of hydrogen-bond acceptors (Lipinski definition) is 3. The minimum atomic E-state index is -0.120. The number of aromatic nitrogens is 2. The Labute approximate surface area is 82.1 Å². The molecule has 1 fully saturated rings. The molecule has 1 heterocycles. The molecule has 1 aromatic heterocycles. The second-order valence-electron chi connectivity index (χ2n) is 3.50. The molecule has 0 spiro atoms. The molecule has 0 amide bonds. The summed E-state index contributed by atoms with van der Waals surface area (Å²) in [4.78, 5) is 1.16. The van der Waals surface area contributed by atoms with Gasteiger partial charge in [-0.15, -0.1) is 11.8 Å². The highest BCUT2D eigenvalue weighted by atomic mass is 32.2. The van der Waals surface area contributed by atoms with E-state index >= 15 is 0 Å². The predicted molar refractivity (Wildman–Crippen MR) is 52.7 cm³/mol. The summed E-state index contributed by atoms with van der Waals surface area (Å²) in [6.07, 6.45) is 6.97. The third-order valence-electron chi connectivity index (χ3n) is 2.39. The largest absolute Gasteiger partial charge is 0.392 e. The van der Waals surface area contributed by atoms with Crippen LogP contribution in [-0.4, -0.2) is 26.2 Å². The lowest BCUT2D eigenvalue weighted by Gasteiger charge is -2.11. The van der Waals surface area contributed by atoms with Gasteiger partial charge in [-0.05, 0) is 19.3 Å². The van der Waals surface area contributed by atoms with Crippen molar-refractivity contribution in [3.05, 3.63) is 12.4 Å². The highest BCUT2D eigenvalue weighted by Gasteiger charge is 2.26. The Hall–Kier alpha value is -0.480. The fourth-order valence-corrected chi connectivity index (χ4v) is 2.93. The van der Waals surface area contributed by atoms with Crippen molar-refractivity contribution in [2.45, 2.75) is 35.5 Å². The molecule has 1 aliphatic rings. The molecule has 0 radical (unpaired) electrons. The van der Waals surface area contributed by atoms with Gasteiger partial charge >= 0.3 is 0 Å². The van der Waals surface area contributed by atoms with Crippen LogP contribution < -0.4 is 0 Å². The summed E-state index contributed by atoms with van der Waals surface area (Å²) in [6, 6.07) is 0. The SMILES string of the molecule is Cn1cc(SC2CCCC2O)cn1. The van der Waals surface area contributed by atoms with Gasteiger partial charge in [0.15, 0.2) is 0 Å². The van der Waals surface area contributed by atoms with Crippen molar-refractivity contribution in [2.24, 2.45) is 7.05 Å². The lowest BCUT2D eigenvalue weighted by atomic mass is 10.3. The molecule has 2 unspecified atom stereocenters. The van der Waals surface area contributed by atoms with Crippen LogP contribution in [0.3, 0.4) is 0 Å². The minimum absolute atomic E-state index is 0.120. The van der Waals surface area contributed by atoms with Crippen molar-refractivity contribution in [1.82, 2.24) is 9.78 Å². The second kappa shape index (κ2) is 3.72. The van der Waals surface area contributed by atoms with Gasteiger partial charge in [-0.25, -0.2) is 0 Å². The molecular weight excluding hydrogens is 184 g/mol. The summed E-state index contributed by atoms with van der Waals surface area (Å²) in [5, 5.41) is 14.1. The van der Waals surface area contributed by atoms with E-state index in [1.165, 1.54) is 0 Å². The van der Waals surface area contributed by atoms with Gasteiger partial charge < -0.3 is 5.11 Å². The zero-order valence-corrected chi connectivity index (χ0v) is 8.50. The van der Waals surface area contributed by atoms with Gasteiger partial charge in [0, 0.05) is 23.4 Å². The van der Waals surface area contributed by atoms with E-state index in [4.69, 9.17) is 0 Å². The fraction of sp³-hybridized carbons (Fsp3) is 0.667. The van der Waals surface area contributed by atoms with Gasteiger partial charge in [0.2, 0.25) is 0 Å². The predicted octanol–water partition coefficient (Wildman–Crippen LogP) is 1.43. The molecule has 13 heavy (non-hydrogen) atoms. The van der Waals surface area contributed by atoms with Crippen LogP contribution in [0.1, 0.15) is 19.3 Å². The number of nitrogens with zero attached hydrogens (tertiary/aromatic N) is 2. The average molecular weight is 198 g/mol. The molecule has 2 atom stereocenters. The maximum atomic E-state index is 9.61. The van der Waals surface area contributed by atoms with E-state index in [1.807, 2.05) is 19.4 Å². The van der Waals surface area contributed by atoms with Gasteiger partial charge in [-0.2, -0.15) is 5.10 Å². The van der Waals surface area contributed by atoms with E-state index in [1.54, 1.807) is 16.4 Å². The molecular formula is C9H14N2OS. The lowest BCUT2D eigenvalue weighted by Crippen LogP contribution is -2.14. The van der Waals surface area contributed by atoms with Crippen LogP contribution in [0.15, 0.2) is 17.3 Å². The van der Waals surface area contributed by atoms with Crippen molar-refractivity contribution < 1.29 is 5.11 Å². The summed E-state index contributed by atoms with van der Waals surface area (Å²) in [5.41, 5.74) is 0.